The highest BCUT2D eigenvalue weighted by Crippen LogP contribution is 2.43. The maximum atomic E-state index is 3.66. The predicted molar refractivity (Wildman–Crippen MR) is 74.2 cm³/mol. The number of nitrogens with one attached hydrogen (secondary N) is 1. The van der Waals surface area contributed by atoms with Gasteiger partial charge in [-0.3, -0.25) is 0 Å². The van der Waals surface area contributed by atoms with E-state index in [0.29, 0.717) is 5.41 Å². The Hall–Kier alpha value is -0.820. The van der Waals surface area contributed by atoms with E-state index in [-0.39, 0.29) is 0 Å². The van der Waals surface area contributed by atoms with Gasteiger partial charge in [-0.15, -0.1) is 0 Å². The van der Waals surface area contributed by atoms with Crippen molar-refractivity contribution in [3.05, 3.63) is 34.9 Å². The van der Waals surface area contributed by atoms with Gasteiger partial charge in [0.05, 0.1) is 0 Å². The van der Waals surface area contributed by atoms with Gasteiger partial charge in [-0.05, 0) is 55.2 Å². The third kappa shape index (κ3) is 2.71. The molecule has 1 fully saturated rings. The summed E-state index contributed by atoms with van der Waals surface area (Å²) in [6.45, 7) is 8.97. The van der Waals surface area contributed by atoms with E-state index < -0.39 is 0 Å². The lowest BCUT2D eigenvalue weighted by Crippen LogP contribution is -2.39. The van der Waals surface area contributed by atoms with Gasteiger partial charge in [0.2, 0.25) is 0 Å². The highest BCUT2D eigenvalue weighted by molar-refractivity contribution is 5.32. The summed E-state index contributed by atoms with van der Waals surface area (Å²) in [5.74, 6) is 0. The Labute approximate surface area is 106 Å². The first-order valence-electron chi connectivity index (χ1n) is 6.93. The van der Waals surface area contributed by atoms with Crippen LogP contribution in [0.25, 0.3) is 0 Å². The summed E-state index contributed by atoms with van der Waals surface area (Å²) in [7, 11) is 0. The molecule has 17 heavy (non-hydrogen) atoms. The van der Waals surface area contributed by atoms with Crippen LogP contribution in [0.15, 0.2) is 18.2 Å². The summed E-state index contributed by atoms with van der Waals surface area (Å²) >= 11 is 0. The van der Waals surface area contributed by atoms with Gasteiger partial charge in [0.1, 0.15) is 0 Å². The zero-order valence-corrected chi connectivity index (χ0v) is 11.5. The molecule has 1 aliphatic rings. The highest BCUT2D eigenvalue weighted by Gasteiger charge is 2.34. The molecule has 0 bridgehead atoms. The van der Waals surface area contributed by atoms with Crippen LogP contribution < -0.4 is 5.32 Å². The summed E-state index contributed by atoms with van der Waals surface area (Å²) in [5, 5.41) is 3.66. The van der Waals surface area contributed by atoms with Gasteiger partial charge in [0.15, 0.2) is 0 Å². The van der Waals surface area contributed by atoms with Gasteiger partial charge in [-0.2, -0.15) is 0 Å². The molecule has 1 N–H and O–H groups in total. The third-order valence-corrected chi connectivity index (χ3v) is 4.70. The van der Waals surface area contributed by atoms with Gasteiger partial charge < -0.3 is 5.32 Å². The van der Waals surface area contributed by atoms with Crippen LogP contribution in [0, 0.1) is 19.3 Å². The van der Waals surface area contributed by atoms with Crippen LogP contribution in [0.2, 0.25) is 0 Å². The second-order valence-electron chi connectivity index (χ2n) is 5.67. The lowest BCUT2D eigenvalue weighted by molar-refractivity contribution is 0.124. The van der Waals surface area contributed by atoms with E-state index in [9.17, 15) is 0 Å². The Bertz CT molecular complexity index is 372. The fourth-order valence-electron chi connectivity index (χ4n) is 2.80. The van der Waals surface area contributed by atoms with E-state index >= 15 is 0 Å². The Kier molecular flexibility index (Phi) is 3.88. The predicted octanol–water partition coefficient (Wildman–Crippen LogP) is 3.97. The van der Waals surface area contributed by atoms with Crippen LogP contribution in [0.1, 0.15) is 49.3 Å². The average Bonchev–Trinajstić information content (AvgIpc) is 2.28. The Balaban J connectivity index is 1.88. The second kappa shape index (κ2) is 5.22. The lowest BCUT2D eigenvalue weighted by Gasteiger charge is -2.41. The summed E-state index contributed by atoms with van der Waals surface area (Å²) in [6.07, 6.45) is 5.60. The molecular formula is C16H25N. The molecule has 0 unspecified atom stereocenters. The van der Waals surface area contributed by atoms with Crippen molar-refractivity contribution >= 4 is 0 Å². The maximum Gasteiger partial charge on any atom is 0.0208 e. The van der Waals surface area contributed by atoms with Gasteiger partial charge >= 0.3 is 0 Å². The van der Waals surface area contributed by atoms with Gasteiger partial charge in [-0.25, -0.2) is 0 Å². The van der Waals surface area contributed by atoms with Crippen LogP contribution in [0.3, 0.4) is 0 Å². The molecule has 1 aliphatic carbocycles. The van der Waals surface area contributed by atoms with E-state index in [1.165, 1.54) is 48.9 Å². The maximum absolute atomic E-state index is 3.66. The van der Waals surface area contributed by atoms with Crippen LogP contribution in [0.5, 0.6) is 0 Å². The van der Waals surface area contributed by atoms with Crippen LogP contribution in [-0.4, -0.2) is 6.54 Å². The van der Waals surface area contributed by atoms with Crippen molar-refractivity contribution in [1.29, 1.82) is 0 Å². The topological polar surface area (TPSA) is 12.0 Å². The molecule has 1 heteroatoms. The first kappa shape index (κ1) is 12.6. The third-order valence-electron chi connectivity index (χ3n) is 4.70. The largest absolute Gasteiger partial charge is 0.312 e. The van der Waals surface area contributed by atoms with Crippen molar-refractivity contribution in [2.45, 2.75) is 53.0 Å². The van der Waals surface area contributed by atoms with Crippen LogP contribution >= 0.6 is 0 Å². The molecule has 1 aromatic rings. The summed E-state index contributed by atoms with van der Waals surface area (Å²) < 4.78 is 0. The first-order valence-corrected chi connectivity index (χ1v) is 6.93. The first-order chi connectivity index (χ1) is 8.17. The molecule has 1 aromatic carbocycles. The summed E-state index contributed by atoms with van der Waals surface area (Å²) in [4.78, 5) is 0. The molecule has 0 spiro atoms. The van der Waals surface area contributed by atoms with Crippen molar-refractivity contribution in [2.24, 2.45) is 5.41 Å². The lowest BCUT2D eigenvalue weighted by atomic mass is 9.67. The number of hydrogen-bond donors (Lipinski definition) is 1. The minimum absolute atomic E-state index is 0.623. The normalized spacial score (nSPS) is 17.8. The van der Waals surface area contributed by atoms with E-state index in [1.54, 1.807) is 0 Å². The van der Waals surface area contributed by atoms with Gasteiger partial charge in [0, 0.05) is 13.1 Å². The molecule has 0 aliphatic heterocycles. The van der Waals surface area contributed by atoms with E-state index in [4.69, 9.17) is 0 Å². The SMILES string of the molecule is CCC1(CNCc2cccc(C)c2C)CCC1. The zero-order chi connectivity index (χ0) is 12.3. The molecule has 0 heterocycles. The average molecular weight is 231 g/mol. The fraction of sp³-hybridized carbons (Fsp3) is 0.625. The van der Waals surface area contributed by atoms with E-state index in [2.05, 4.69) is 44.3 Å². The molecule has 1 saturated carbocycles. The highest BCUT2D eigenvalue weighted by atomic mass is 14.9. The number of hydrogen-bond acceptors (Lipinski definition) is 1. The number of rotatable bonds is 5. The standard InChI is InChI=1S/C16H25N/c1-4-16(9-6-10-16)12-17-11-15-8-5-7-13(2)14(15)3/h5,7-8,17H,4,6,9-12H2,1-3H3. The van der Waals surface area contributed by atoms with Crippen LogP contribution in [-0.2, 0) is 6.54 Å². The Morgan fingerprint density at radius 2 is 2.00 bits per heavy atom. The number of aryl methyl sites for hydroxylation is 1. The fourth-order valence-corrected chi connectivity index (χ4v) is 2.80. The van der Waals surface area contributed by atoms with Crippen molar-refractivity contribution in [1.82, 2.24) is 5.32 Å². The molecule has 2 rings (SSSR count). The molecule has 94 valence electrons. The second-order valence-corrected chi connectivity index (χ2v) is 5.67. The van der Waals surface area contributed by atoms with Crippen molar-refractivity contribution in [3.63, 3.8) is 0 Å². The molecule has 0 radical (unpaired) electrons. The van der Waals surface area contributed by atoms with Crippen molar-refractivity contribution < 1.29 is 0 Å². The van der Waals surface area contributed by atoms with E-state index in [0.717, 1.165) is 6.54 Å². The Morgan fingerprint density at radius 3 is 2.59 bits per heavy atom. The number of benzene rings is 1. The quantitative estimate of drug-likeness (QED) is 0.808. The summed E-state index contributed by atoms with van der Waals surface area (Å²) in [6, 6.07) is 6.60. The van der Waals surface area contributed by atoms with Crippen molar-refractivity contribution in [3.8, 4) is 0 Å². The Morgan fingerprint density at radius 1 is 1.24 bits per heavy atom. The molecule has 0 aromatic heterocycles. The zero-order valence-electron chi connectivity index (χ0n) is 11.5. The molecule has 0 amide bonds. The van der Waals surface area contributed by atoms with Crippen molar-refractivity contribution in [2.75, 3.05) is 6.54 Å². The van der Waals surface area contributed by atoms with Gasteiger partial charge in [0.25, 0.3) is 0 Å². The smallest absolute Gasteiger partial charge is 0.0208 e. The van der Waals surface area contributed by atoms with Crippen LogP contribution in [0.4, 0.5) is 0 Å². The molecule has 0 atom stereocenters. The van der Waals surface area contributed by atoms with Gasteiger partial charge in [-0.1, -0.05) is 31.5 Å². The monoisotopic (exact) mass is 231 g/mol. The molecule has 1 nitrogen and oxygen atoms in total. The minimum atomic E-state index is 0.623. The minimum Gasteiger partial charge on any atom is -0.312 e. The molecule has 0 saturated heterocycles. The molecular weight excluding hydrogens is 206 g/mol. The van der Waals surface area contributed by atoms with E-state index in [1.807, 2.05) is 0 Å². The summed E-state index contributed by atoms with van der Waals surface area (Å²) in [5.41, 5.74) is 4.92.